The number of carbonyl (C=O) groups excluding carboxylic acids is 1. The van der Waals surface area contributed by atoms with Crippen molar-refractivity contribution in [3.63, 3.8) is 0 Å². The molecule has 1 aromatic carbocycles. The van der Waals surface area contributed by atoms with Crippen LogP contribution in [0.2, 0.25) is 0 Å². The van der Waals surface area contributed by atoms with Crippen molar-refractivity contribution in [3.05, 3.63) is 30.1 Å². The van der Waals surface area contributed by atoms with E-state index >= 15 is 0 Å². The van der Waals surface area contributed by atoms with E-state index < -0.39 is 0 Å². The standard InChI is InChI=1S/C16H20FN5OS/c1-11-5-2-3-8-21(11)14(23)10-24-16-20-19-15(22(16)18)12-6-4-7-13(17)9-12/h4,6-7,9,11H,2-3,5,8,10,18H2,1H3. The van der Waals surface area contributed by atoms with Gasteiger partial charge in [0, 0.05) is 18.2 Å². The fraction of sp³-hybridized carbons (Fsp3) is 0.438. The van der Waals surface area contributed by atoms with E-state index in [1.54, 1.807) is 12.1 Å². The first-order chi connectivity index (χ1) is 11.6. The topological polar surface area (TPSA) is 77.0 Å². The molecule has 0 radical (unpaired) electrons. The predicted molar refractivity (Wildman–Crippen MR) is 91.3 cm³/mol. The molecule has 3 rings (SSSR count). The first-order valence-corrected chi connectivity index (χ1v) is 8.93. The highest BCUT2D eigenvalue weighted by Gasteiger charge is 2.24. The van der Waals surface area contributed by atoms with Crippen LogP contribution in [0.5, 0.6) is 0 Å². The van der Waals surface area contributed by atoms with Crippen molar-refractivity contribution < 1.29 is 9.18 Å². The lowest BCUT2D eigenvalue weighted by Crippen LogP contribution is -2.43. The van der Waals surface area contributed by atoms with E-state index in [0.717, 1.165) is 19.4 Å². The Labute approximate surface area is 144 Å². The monoisotopic (exact) mass is 349 g/mol. The lowest BCUT2D eigenvalue weighted by Gasteiger charge is -2.33. The van der Waals surface area contributed by atoms with Gasteiger partial charge in [0.05, 0.1) is 5.75 Å². The Morgan fingerprint density at radius 3 is 3.00 bits per heavy atom. The summed E-state index contributed by atoms with van der Waals surface area (Å²) < 4.78 is 14.6. The zero-order valence-corrected chi connectivity index (χ0v) is 14.3. The molecule has 128 valence electrons. The summed E-state index contributed by atoms with van der Waals surface area (Å²) in [4.78, 5) is 14.3. The summed E-state index contributed by atoms with van der Waals surface area (Å²) in [5.74, 6) is 6.36. The first kappa shape index (κ1) is 16.8. The first-order valence-electron chi connectivity index (χ1n) is 7.95. The van der Waals surface area contributed by atoms with Crippen LogP contribution in [0.15, 0.2) is 29.4 Å². The highest BCUT2D eigenvalue weighted by Crippen LogP contribution is 2.23. The van der Waals surface area contributed by atoms with E-state index in [4.69, 9.17) is 5.84 Å². The van der Waals surface area contributed by atoms with Crippen molar-refractivity contribution in [3.8, 4) is 11.4 Å². The molecule has 1 aromatic heterocycles. The largest absolute Gasteiger partial charge is 0.339 e. The quantitative estimate of drug-likeness (QED) is 0.677. The number of nitrogens with zero attached hydrogens (tertiary/aromatic N) is 4. The lowest BCUT2D eigenvalue weighted by molar-refractivity contribution is -0.131. The van der Waals surface area contributed by atoms with Gasteiger partial charge in [0.15, 0.2) is 5.82 Å². The number of aromatic nitrogens is 3. The Morgan fingerprint density at radius 1 is 1.42 bits per heavy atom. The third-order valence-electron chi connectivity index (χ3n) is 4.20. The zero-order valence-electron chi connectivity index (χ0n) is 13.5. The van der Waals surface area contributed by atoms with E-state index in [1.807, 2.05) is 4.90 Å². The van der Waals surface area contributed by atoms with Gasteiger partial charge in [-0.25, -0.2) is 9.07 Å². The molecule has 2 N–H and O–H groups in total. The molecule has 6 nitrogen and oxygen atoms in total. The fourth-order valence-corrected chi connectivity index (χ4v) is 3.62. The van der Waals surface area contributed by atoms with Crippen molar-refractivity contribution in [1.29, 1.82) is 0 Å². The van der Waals surface area contributed by atoms with Crippen LogP contribution in [-0.2, 0) is 4.79 Å². The number of rotatable bonds is 4. The number of amides is 1. The molecule has 0 bridgehead atoms. The number of nitrogen functional groups attached to an aromatic ring is 1. The highest BCUT2D eigenvalue weighted by atomic mass is 32.2. The second-order valence-corrected chi connectivity index (χ2v) is 6.85. The minimum Gasteiger partial charge on any atom is -0.339 e. The second kappa shape index (κ2) is 7.21. The van der Waals surface area contributed by atoms with Crippen LogP contribution in [0.4, 0.5) is 4.39 Å². The molecule has 1 atom stereocenters. The van der Waals surface area contributed by atoms with E-state index in [1.165, 1.54) is 35.0 Å². The molecule has 2 aromatic rings. The smallest absolute Gasteiger partial charge is 0.233 e. The van der Waals surface area contributed by atoms with Gasteiger partial charge in [-0.1, -0.05) is 23.9 Å². The summed E-state index contributed by atoms with van der Waals surface area (Å²) >= 11 is 1.25. The van der Waals surface area contributed by atoms with E-state index in [0.29, 0.717) is 16.5 Å². The van der Waals surface area contributed by atoms with Crippen molar-refractivity contribution >= 4 is 17.7 Å². The minimum absolute atomic E-state index is 0.0857. The van der Waals surface area contributed by atoms with Gasteiger partial charge in [-0.05, 0) is 38.3 Å². The van der Waals surface area contributed by atoms with E-state index in [-0.39, 0.29) is 23.5 Å². The molecular formula is C16H20FN5OS. The Kier molecular flexibility index (Phi) is 5.03. The fourth-order valence-electron chi connectivity index (χ4n) is 2.88. The van der Waals surface area contributed by atoms with Crippen molar-refractivity contribution in [2.75, 3.05) is 18.1 Å². The van der Waals surface area contributed by atoms with E-state index in [2.05, 4.69) is 17.1 Å². The zero-order chi connectivity index (χ0) is 17.1. The number of likely N-dealkylation sites (tertiary alicyclic amines) is 1. The van der Waals surface area contributed by atoms with Gasteiger partial charge in [0.25, 0.3) is 0 Å². The minimum atomic E-state index is -0.362. The lowest BCUT2D eigenvalue weighted by atomic mass is 10.0. The predicted octanol–water partition coefficient (Wildman–Crippen LogP) is 2.29. The van der Waals surface area contributed by atoms with Crippen molar-refractivity contribution in [2.24, 2.45) is 0 Å². The molecule has 24 heavy (non-hydrogen) atoms. The van der Waals surface area contributed by atoms with Crippen molar-refractivity contribution in [1.82, 2.24) is 19.8 Å². The van der Waals surface area contributed by atoms with Crippen LogP contribution in [-0.4, -0.2) is 44.0 Å². The molecule has 0 spiro atoms. The molecular weight excluding hydrogens is 329 g/mol. The maximum absolute atomic E-state index is 13.3. The molecule has 1 saturated heterocycles. The van der Waals surface area contributed by atoms with Gasteiger partial charge < -0.3 is 10.7 Å². The maximum Gasteiger partial charge on any atom is 0.233 e. The molecule has 0 aliphatic carbocycles. The number of benzene rings is 1. The van der Waals surface area contributed by atoms with Crippen LogP contribution in [0.3, 0.4) is 0 Å². The van der Waals surface area contributed by atoms with Gasteiger partial charge in [0.1, 0.15) is 5.82 Å². The van der Waals surface area contributed by atoms with Gasteiger partial charge in [-0.3, -0.25) is 4.79 Å². The van der Waals surface area contributed by atoms with Crippen LogP contribution >= 0.6 is 11.8 Å². The Bertz CT molecular complexity index is 735. The van der Waals surface area contributed by atoms with Crippen molar-refractivity contribution in [2.45, 2.75) is 37.4 Å². The third kappa shape index (κ3) is 3.53. The number of halogens is 1. The van der Waals surface area contributed by atoms with Gasteiger partial charge in [-0.2, -0.15) is 0 Å². The van der Waals surface area contributed by atoms with Crippen LogP contribution in [0, 0.1) is 5.82 Å². The molecule has 1 unspecified atom stereocenters. The van der Waals surface area contributed by atoms with Crippen LogP contribution in [0.25, 0.3) is 11.4 Å². The number of piperidine rings is 1. The number of carbonyl (C=O) groups is 1. The molecule has 1 fully saturated rings. The normalized spacial score (nSPS) is 17.9. The summed E-state index contributed by atoms with van der Waals surface area (Å²) in [6.07, 6.45) is 3.27. The second-order valence-electron chi connectivity index (χ2n) is 5.91. The number of hydrogen-bond donors (Lipinski definition) is 1. The molecule has 8 heteroatoms. The Balaban J connectivity index is 1.67. The SMILES string of the molecule is CC1CCCCN1C(=O)CSc1nnc(-c2cccc(F)c2)n1N. The average molecular weight is 349 g/mol. The van der Waals surface area contributed by atoms with Crippen LogP contribution in [0.1, 0.15) is 26.2 Å². The molecule has 0 saturated carbocycles. The number of nitrogens with two attached hydrogens (primary N) is 1. The van der Waals surface area contributed by atoms with Gasteiger partial charge >= 0.3 is 0 Å². The maximum atomic E-state index is 13.3. The number of thioether (sulfide) groups is 1. The summed E-state index contributed by atoms with van der Waals surface area (Å²) in [7, 11) is 0. The highest BCUT2D eigenvalue weighted by molar-refractivity contribution is 7.99. The van der Waals surface area contributed by atoms with E-state index in [9.17, 15) is 9.18 Å². The third-order valence-corrected chi connectivity index (χ3v) is 5.12. The number of hydrogen-bond acceptors (Lipinski definition) is 5. The summed E-state index contributed by atoms with van der Waals surface area (Å²) in [6.45, 7) is 2.89. The van der Waals surface area contributed by atoms with Gasteiger partial charge in [-0.15, -0.1) is 10.2 Å². The van der Waals surface area contributed by atoms with Gasteiger partial charge in [0.2, 0.25) is 11.1 Å². The molecule has 1 aliphatic rings. The van der Waals surface area contributed by atoms with Crippen LogP contribution < -0.4 is 5.84 Å². The molecule has 1 amide bonds. The summed E-state index contributed by atoms with van der Waals surface area (Å²) in [5, 5.41) is 8.46. The molecule has 2 heterocycles. The average Bonchev–Trinajstić information content (AvgIpc) is 2.94. The molecule has 1 aliphatic heterocycles. The summed E-state index contributed by atoms with van der Waals surface area (Å²) in [5.41, 5.74) is 0.549. The Hall–Kier alpha value is -2.09. The Morgan fingerprint density at radius 2 is 2.25 bits per heavy atom. The summed E-state index contributed by atoms with van der Waals surface area (Å²) in [6, 6.07) is 6.29.